The first-order chi connectivity index (χ1) is 17.2. The fourth-order valence-electron chi connectivity index (χ4n) is 3.93. The summed E-state index contributed by atoms with van der Waals surface area (Å²) in [6.07, 6.45) is 0. The van der Waals surface area contributed by atoms with Crippen LogP contribution in [0.25, 0.3) is 0 Å². The normalized spacial score (nSPS) is 13.6. The molecule has 190 valence electrons. The lowest BCUT2D eigenvalue weighted by molar-refractivity contribution is -0.118. The van der Waals surface area contributed by atoms with Gasteiger partial charge in [0, 0.05) is 31.9 Å². The number of aryl methyl sites for hydroxylation is 1. The van der Waals surface area contributed by atoms with Crippen molar-refractivity contribution in [2.24, 2.45) is 0 Å². The van der Waals surface area contributed by atoms with Crippen LogP contribution in [-0.4, -0.2) is 38.7 Å². The molecule has 0 unspecified atom stereocenters. The minimum atomic E-state index is -2.19. The quantitative estimate of drug-likeness (QED) is 0.255. The Hall–Kier alpha value is -3.53. The van der Waals surface area contributed by atoms with E-state index in [1.165, 1.54) is 0 Å². The van der Waals surface area contributed by atoms with Crippen LogP contribution in [-0.2, 0) is 4.79 Å². The summed E-state index contributed by atoms with van der Waals surface area (Å²) in [4.78, 5) is 15.2. The first kappa shape index (κ1) is 25.6. The Morgan fingerprint density at radius 2 is 1.50 bits per heavy atom. The summed E-state index contributed by atoms with van der Waals surface area (Å²) in [5, 5.41) is 3.01. The summed E-state index contributed by atoms with van der Waals surface area (Å²) in [6, 6.07) is 12.2. The second kappa shape index (κ2) is 10.6. The maximum Gasteiger partial charge on any atom is 0.262 e. The molecule has 0 aromatic heterocycles. The van der Waals surface area contributed by atoms with Gasteiger partial charge in [0.1, 0.15) is 11.4 Å². The molecule has 0 radical (unpaired) electrons. The largest absolute Gasteiger partial charge is 0.484 e. The molecule has 36 heavy (non-hydrogen) atoms. The van der Waals surface area contributed by atoms with E-state index in [1.54, 1.807) is 24.3 Å². The van der Waals surface area contributed by atoms with Gasteiger partial charge < -0.3 is 19.9 Å². The Kier molecular flexibility index (Phi) is 7.53. The van der Waals surface area contributed by atoms with Crippen molar-refractivity contribution in [3.05, 3.63) is 82.1 Å². The predicted octanol–water partition coefficient (Wildman–Crippen LogP) is 5.69. The standard InChI is InChI=1S/C25H21ClF5N3O2/c1-14-3-2-4-16(11-14)36-13-19(35)32-15-5-6-18(17(26)12-15)33-7-9-34(10-8-33)25-23(30)21(28)20(27)22(29)24(25)31/h2-6,11-12H,7-10,13H2,1H3,(H,32,35). The third kappa shape index (κ3) is 5.33. The summed E-state index contributed by atoms with van der Waals surface area (Å²) < 4.78 is 74.3. The number of anilines is 3. The van der Waals surface area contributed by atoms with E-state index in [4.69, 9.17) is 16.3 Å². The van der Waals surface area contributed by atoms with E-state index in [-0.39, 0.29) is 38.7 Å². The maximum atomic E-state index is 14.1. The van der Waals surface area contributed by atoms with Crippen molar-refractivity contribution < 1.29 is 31.5 Å². The van der Waals surface area contributed by atoms with Gasteiger partial charge in [-0.3, -0.25) is 4.79 Å². The zero-order valence-corrected chi connectivity index (χ0v) is 19.8. The van der Waals surface area contributed by atoms with Gasteiger partial charge in [0.15, 0.2) is 29.9 Å². The lowest BCUT2D eigenvalue weighted by Gasteiger charge is -2.38. The smallest absolute Gasteiger partial charge is 0.262 e. The van der Waals surface area contributed by atoms with Crippen LogP contribution >= 0.6 is 11.6 Å². The first-order valence-electron chi connectivity index (χ1n) is 11.0. The fourth-order valence-corrected chi connectivity index (χ4v) is 4.23. The fraction of sp³-hybridized carbons (Fsp3) is 0.240. The van der Waals surface area contributed by atoms with Crippen LogP contribution in [0, 0.1) is 36.0 Å². The number of ether oxygens (including phenoxy) is 1. The molecule has 11 heteroatoms. The van der Waals surface area contributed by atoms with Gasteiger partial charge in [-0.25, -0.2) is 22.0 Å². The number of piperazine rings is 1. The van der Waals surface area contributed by atoms with Crippen LogP contribution in [0.1, 0.15) is 5.56 Å². The zero-order chi connectivity index (χ0) is 26.0. The molecule has 1 amide bonds. The molecule has 1 heterocycles. The van der Waals surface area contributed by atoms with Crippen LogP contribution in [0.4, 0.5) is 39.0 Å². The molecule has 0 spiro atoms. The molecule has 3 aromatic rings. The number of carbonyl (C=O) groups is 1. The van der Waals surface area contributed by atoms with E-state index >= 15 is 0 Å². The van der Waals surface area contributed by atoms with E-state index in [1.807, 2.05) is 30.0 Å². The Bertz CT molecular complexity index is 1270. The predicted molar refractivity (Wildman–Crippen MR) is 127 cm³/mol. The Morgan fingerprint density at radius 3 is 2.11 bits per heavy atom. The first-order valence-corrected chi connectivity index (χ1v) is 11.3. The molecule has 1 aliphatic heterocycles. The average Bonchev–Trinajstić information content (AvgIpc) is 2.86. The molecule has 1 N–H and O–H groups in total. The number of halogens is 6. The van der Waals surface area contributed by atoms with E-state index in [2.05, 4.69) is 5.32 Å². The Morgan fingerprint density at radius 1 is 0.889 bits per heavy atom. The van der Waals surface area contributed by atoms with Crippen LogP contribution in [0.3, 0.4) is 0 Å². The molecule has 3 aromatic carbocycles. The topological polar surface area (TPSA) is 44.8 Å². The van der Waals surface area contributed by atoms with Gasteiger partial charge in [-0.1, -0.05) is 23.7 Å². The second-order valence-electron chi connectivity index (χ2n) is 8.21. The SMILES string of the molecule is Cc1cccc(OCC(=O)Nc2ccc(N3CCN(c4c(F)c(F)c(F)c(F)c4F)CC3)c(Cl)c2)c1. The maximum absolute atomic E-state index is 14.1. The number of hydrogen-bond donors (Lipinski definition) is 1. The summed E-state index contributed by atoms with van der Waals surface area (Å²) in [5.74, 6) is -9.66. The number of hydrogen-bond acceptors (Lipinski definition) is 4. The summed E-state index contributed by atoms with van der Waals surface area (Å²) in [6.45, 7) is 2.16. The molecule has 1 aliphatic rings. The van der Waals surface area contributed by atoms with E-state index in [0.717, 1.165) is 10.5 Å². The second-order valence-corrected chi connectivity index (χ2v) is 8.62. The molecule has 0 bridgehead atoms. The van der Waals surface area contributed by atoms with Crippen molar-refractivity contribution in [3.8, 4) is 5.75 Å². The highest BCUT2D eigenvalue weighted by Crippen LogP contribution is 2.33. The minimum absolute atomic E-state index is 0.00344. The molecule has 4 rings (SSSR count). The average molecular weight is 526 g/mol. The van der Waals surface area contributed by atoms with Crippen molar-refractivity contribution in [1.82, 2.24) is 0 Å². The van der Waals surface area contributed by atoms with Crippen LogP contribution in [0.5, 0.6) is 5.75 Å². The molecular weight excluding hydrogens is 505 g/mol. The number of rotatable bonds is 6. The van der Waals surface area contributed by atoms with Gasteiger partial charge in [0.25, 0.3) is 5.91 Å². The Balaban J connectivity index is 1.37. The van der Waals surface area contributed by atoms with Crippen molar-refractivity contribution in [2.45, 2.75) is 6.92 Å². The van der Waals surface area contributed by atoms with Crippen LogP contribution in [0.2, 0.25) is 5.02 Å². The molecule has 0 aliphatic carbocycles. The van der Waals surface area contributed by atoms with E-state index < -0.39 is 34.8 Å². The highest BCUT2D eigenvalue weighted by Gasteiger charge is 2.31. The molecule has 1 saturated heterocycles. The van der Waals surface area contributed by atoms with Gasteiger partial charge in [-0.05, 0) is 42.8 Å². The van der Waals surface area contributed by atoms with Gasteiger partial charge in [-0.2, -0.15) is 0 Å². The van der Waals surface area contributed by atoms with Crippen molar-refractivity contribution >= 4 is 34.6 Å². The third-order valence-corrected chi connectivity index (χ3v) is 6.02. The van der Waals surface area contributed by atoms with Crippen molar-refractivity contribution in [3.63, 3.8) is 0 Å². The number of amides is 1. The van der Waals surface area contributed by atoms with E-state index in [0.29, 0.717) is 22.1 Å². The van der Waals surface area contributed by atoms with Gasteiger partial charge in [0.05, 0.1) is 10.7 Å². The van der Waals surface area contributed by atoms with Crippen molar-refractivity contribution in [2.75, 3.05) is 47.9 Å². The molecule has 5 nitrogen and oxygen atoms in total. The lowest BCUT2D eigenvalue weighted by Crippen LogP contribution is -2.47. The number of nitrogens with one attached hydrogen (secondary N) is 1. The van der Waals surface area contributed by atoms with Crippen LogP contribution in [0.15, 0.2) is 42.5 Å². The number of benzene rings is 3. The zero-order valence-electron chi connectivity index (χ0n) is 19.1. The molecule has 0 saturated carbocycles. The third-order valence-electron chi connectivity index (χ3n) is 5.71. The highest BCUT2D eigenvalue weighted by atomic mass is 35.5. The van der Waals surface area contributed by atoms with Gasteiger partial charge in [0.2, 0.25) is 5.82 Å². The molecular formula is C25H21ClF5N3O2. The summed E-state index contributed by atoms with van der Waals surface area (Å²) in [5.41, 5.74) is 1.11. The minimum Gasteiger partial charge on any atom is -0.484 e. The number of nitrogens with zero attached hydrogens (tertiary/aromatic N) is 2. The van der Waals surface area contributed by atoms with Gasteiger partial charge in [-0.15, -0.1) is 0 Å². The van der Waals surface area contributed by atoms with Crippen molar-refractivity contribution in [1.29, 1.82) is 0 Å². The summed E-state index contributed by atoms with van der Waals surface area (Å²) >= 11 is 6.40. The monoisotopic (exact) mass is 525 g/mol. The highest BCUT2D eigenvalue weighted by molar-refractivity contribution is 6.33. The van der Waals surface area contributed by atoms with E-state index in [9.17, 15) is 26.7 Å². The lowest BCUT2D eigenvalue weighted by atomic mass is 10.2. The number of carbonyl (C=O) groups excluding carboxylic acids is 1. The van der Waals surface area contributed by atoms with Gasteiger partial charge >= 0.3 is 0 Å². The molecule has 1 fully saturated rings. The molecule has 0 atom stereocenters. The Labute approximate surface area is 209 Å². The summed E-state index contributed by atoms with van der Waals surface area (Å²) in [7, 11) is 0. The van der Waals surface area contributed by atoms with Crippen LogP contribution < -0.4 is 19.9 Å².